The first-order chi connectivity index (χ1) is 13.0. The molecule has 0 unspecified atom stereocenters. The molecular formula is C16H10Cl2F3N3O3S. The summed E-state index contributed by atoms with van der Waals surface area (Å²) in [6.07, 6.45) is -4.22. The maximum atomic E-state index is 13.2. The van der Waals surface area contributed by atoms with Gasteiger partial charge < -0.3 is 5.73 Å². The molecule has 2 N–H and O–H groups in total. The number of primary amides is 1. The van der Waals surface area contributed by atoms with Gasteiger partial charge in [-0.1, -0.05) is 17.7 Å². The van der Waals surface area contributed by atoms with Gasteiger partial charge in [0.2, 0.25) is 9.84 Å². The van der Waals surface area contributed by atoms with Crippen LogP contribution in [0.25, 0.3) is 5.65 Å². The largest absolute Gasteiger partial charge is 0.417 e. The smallest absolute Gasteiger partial charge is 0.364 e. The number of hydrogen-bond donors (Lipinski definition) is 1. The molecular weight excluding hydrogens is 442 g/mol. The fourth-order valence-electron chi connectivity index (χ4n) is 2.55. The summed E-state index contributed by atoms with van der Waals surface area (Å²) in [5, 5.41) is -1.01. The van der Waals surface area contributed by atoms with Gasteiger partial charge in [0.15, 0.2) is 10.7 Å². The van der Waals surface area contributed by atoms with Gasteiger partial charge in [-0.25, -0.2) is 13.4 Å². The number of nitrogens with zero attached hydrogens (tertiary/aromatic N) is 2. The van der Waals surface area contributed by atoms with Crippen LogP contribution in [0, 0.1) is 0 Å². The Morgan fingerprint density at radius 3 is 2.46 bits per heavy atom. The molecule has 3 aromatic rings. The summed E-state index contributed by atoms with van der Waals surface area (Å²) in [4.78, 5) is 15.1. The molecule has 0 atom stereocenters. The Morgan fingerprint density at radius 1 is 1.21 bits per heavy atom. The third kappa shape index (κ3) is 3.43. The third-order valence-corrected chi connectivity index (χ3v) is 6.40. The average Bonchev–Trinajstić information content (AvgIpc) is 3.01. The molecule has 1 aromatic carbocycles. The first-order valence-corrected chi connectivity index (χ1v) is 9.85. The molecule has 6 nitrogen and oxygen atoms in total. The van der Waals surface area contributed by atoms with Crippen molar-refractivity contribution in [3.8, 4) is 0 Å². The highest BCUT2D eigenvalue weighted by atomic mass is 35.5. The molecule has 0 aliphatic carbocycles. The molecule has 1 amide bonds. The van der Waals surface area contributed by atoms with Gasteiger partial charge in [0.05, 0.1) is 15.5 Å². The van der Waals surface area contributed by atoms with Crippen LogP contribution in [-0.4, -0.2) is 23.7 Å². The number of rotatable bonds is 4. The van der Waals surface area contributed by atoms with Crippen molar-refractivity contribution >= 4 is 44.6 Å². The highest BCUT2D eigenvalue weighted by molar-refractivity contribution is 7.91. The lowest BCUT2D eigenvalue weighted by molar-refractivity contribution is -0.137. The second-order valence-corrected chi connectivity index (χ2v) is 8.18. The lowest BCUT2D eigenvalue weighted by atomic mass is 10.2. The van der Waals surface area contributed by atoms with Crippen molar-refractivity contribution in [1.29, 1.82) is 0 Å². The molecule has 0 saturated heterocycles. The summed E-state index contributed by atoms with van der Waals surface area (Å²) in [5.74, 6) is -1.26. The first-order valence-electron chi connectivity index (χ1n) is 7.45. The quantitative estimate of drug-likeness (QED) is 0.612. The van der Waals surface area contributed by atoms with E-state index in [2.05, 4.69) is 4.98 Å². The topological polar surface area (TPSA) is 94.5 Å². The number of carbonyl (C=O) groups excluding carboxylic acids is 1. The predicted molar refractivity (Wildman–Crippen MR) is 95.2 cm³/mol. The number of imidazole rings is 1. The van der Waals surface area contributed by atoms with Crippen LogP contribution in [0.4, 0.5) is 13.2 Å². The fraction of sp³-hybridized carbons (Fsp3) is 0.125. The summed E-state index contributed by atoms with van der Waals surface area (Å²) in [6.45, 7) is 0. The number of benzene rings is 1. The molecule has 0 fully saturated rings. The van der Waals surface area contributed by atoms with Crippen LogP contribution in [0.5, 0.6) is 0 Å². The van der Waals surface area contributed by atoms with E-state index in [9.17, 15) is 26.4 Å². The van der Waals surface area contributed by atoms with Crippen molar-refractivity contribution in [2.75, 3.05) is 0 Å². The molecule has 28 heavy (non-hydrogen) atoms. The van der Waals surface area contributed by atoms with Gasteiger partial charge in [-0.3, -0.25) is 9.20 Å². The Hall–Kier alpha value is -2.30. The van der Waals surface area contributed by atoms with Crippen molar-refractivity contribution in [2.45, 2.75) is 22.0 Å². The van der Waals surface area contributed by atoms with Gasteiger partial charge in [-0.2, -0.15) is 13.2 Å². The van der Waals surface area contributed by atoms with E-state index in [4.69, 9.17) is 28.9 Å². The molecule has 0 aliphatic heterocycles. The van der Waals surface area contributed by atoms with Gasteiger partial charge in [0, 0.05) is 12.1 Å². The monoisotopic (exact) mass is 451 g/mol. The maximum absolute atomic E-state index is 13.2. The Labute approximate surface area is 166 Å². The van der Waals surface area contributed by atoms with E-state index in [0.717, 1.165) is 6.07 Å². The number of fused-ring (bicyclic) bond motifs is 1. The minimum Gasteiger partial charge on any atom is -0.364 e. The van der Waals surface area contributed by atoms with E-state index < -0.39 is 43.1 Å². The first kappa shape index (κ1) is 20.4. The molecule has 2 heterocycles. The summed E-state index contributed by atoms with van der Waals surface area (Å²) < 4.78 is 66.3. The van der Waals surface area contributed by atoms with Crippen molar-refractivity contribution in [3.63, 3.8) is 0 Å². The Morgan fingerprint density at radius 2 is 1.89 bits per heavy atom. The Bertz CT molecular complexity index is 1210. The molecule has 2 aromatic heterocycles. The molecule has 148 valence electrons. The zero-order valence-electron chi connectivity index (χ0n) is 13.7. The van der Waals surface area contributed by atoms with Crippen molar-refractivity contribution < 1.29 is 26.4 Å². The SMILES string of the molecule is NC(=O)c1nc2ccc(C(F)(F)F)cn2c1S(=O)(=O)c1cc(CCl)ccc1Cl. The molecule has 0 radical (unpaired) electrons. The average molecular weight is 452 g/mol. The van der Waals surface area contributed by atoms with E-state index >= 15 is 0 Å². The summed E-state index contributed by atoms with van der Waals surface area (Å²) in [6, 6.07) is 5.58. The number of halogens is 5. The van der Waals surface area contributed by atoms with E-state index in [1.807, 2.05) is 0 Å². The van der Waals surface area contributed by atoms with Crippen LogP contribution in [0.1, 0.15) is 21.6 Å². The number of hydrogen-bond acceptors (Lipinski definition) is 4. The van der Waals surface area contributed by atoms with Gasteiger partial charge >= 0.3 is 6.18 Å². The Kier molecular flexibility index (Phi) is 5.07. The zero-order chi connectivity index (χ0) is 20.9. The lowest BCUT2D eigenvalue weighted by Crippen LogP contribution is -2.18. The second kappa shape index (κ2) is 6.94. The third-order valence-electron chi connectivity index (χ3n) is 3.83. The van der Waals surface area contributed by atoms with E-state index in [-0.39, 0.29) is 16.5 Å². The number of nitrogens with two attached hydrogens (primary N) is 1. The summed E-state index contributed by atoms with van der Waals surface area (Å²) >= 11 is 11.7. The summed E-state index contributed by atoms with van der Waals surface area (Å²) in [5.41, 5.74) is 3.57. The van der Waals surface area contributed by atoms with Gasteiger partial charge in [-0.15, -0.1) is 11.6 Å². The van der Waals surface area contributed by atoms with Crippen LogP contribution < -0.4 is 5.73 Å². The Balaban J connectivity index is 2.40. The predicted octanol–water partition coefficient (Wildman–Crippen LogP) is 3.68. The fourth-order valence-corrected chi connectivity index (χ4v) is 4.78. The number of carbonyl (C=O) groups is 1. The molecule has 0 spiro atoms. The highest BCUT2D eigenvalue weighted by Gasteiger charge is 2.35. The van der Waals surface area contributed by atoms with Gasteiger partial charge in [-0.05, 0) is 29.8 Å². The minimum absolute atomic E-state index is 0.0340. The number of alkyl halides is 4. The van der Waals surface area contributed by atoms with Crippen LogP contribution in [-0.2, 0) is 21.9 Å². The van der Waals surface area contributed by atoms with Crippen LogP contribution in [0.15, 0.2) is 46.5 Å². The van der Waals surface area contributed by atoms with Gasteiger partial charge in [0.1, 0.15) is 5.65 Å². The molecule has 12 heteroatoms. The maximum Gasteiger partial charge on any atom is 0.417 e. The lowest BCUT2D eigenvalue weighted by Gasteiger charge is -2.11. The normalized spacial score (nSPS) is 12.5. The molecule has 0 aliphatic rings. The van der Waals surface area contributed by atoms with Crippen LogP contribution in [0.3, 0.4) is 0 Å². The molecule has 0 bridgehead atoms. The molecule has 3 rings (SSSR count). The minimum atomic E-state index is -4.75. The van der Waals surface area contributed by atoms with Gasteiger partial charge in [0.25, 0.3) is 5.91 Å². The van der Waals surface area contributed by atoms with E-state index in [1.165, 1.54) is 18.2 Å². The van der Waals surface area contributed by atoms with Crippen LogP contribution >= 0.6 is 23.2 Å². The summed E-state index contributed by atoms with van der Waals surface area (Å²) in [7, 11) is -4.58. The number of amides is 1. The van der Waals surface area contributed by atoms with Crippen LogP contribution in [0.2, 0.25) is 5.02 Å². The van der Waals surface area contributed by atoms with Crippen molar-refractivity contribution in [2.24, 2.45) is 5.73 Å². The number of pyridine rings is 1. The number of sulfone groups is 1. The molecule has 0 saturated carbocycles. The standard InChI is InChI=1S/C16H10Cl2F3N3O3S/c17-6-8-1-3-10(18)11(5-8)28(26,27)15-13(14(22)25)23-12-4-2-9(7-24(12)15)16(19,20)21/h1-5,7H,6H2,(H2,22,25). The highest BCUT2D eigenvalue weighted by Crippen LogP contribution is 2.34. The van der Waals surface area contributed by atoms with Crippen molar-refractivity contribution in [3.05, 3.63) is 58.4 Å². The van der Waals surface area contributed by atoms with E-state index in [0.29, 0.717) is 22.2 Å². The number of aromatic nitrogens is 2. The van der Waals surface area contributed by atoms with E-state index in [1.54, 1.807) is 0 Å². The second-order valence-electron chi connectivity index (χ2n) is 5.68. The zero-order valence-corrected chi connectivity index (χ0v) is 16.0. The van der Waals surface area contributed by atoms with Crippen molar-refractivity contribution in [1.82, 2.24) is 9.38 Å².